The normalized spacial score (nSPS) is 11.1. The fourth-order valence-electron chi connectivity index (χ4n) is 2.46. The van der Waals surface area contributed by atoms with Crippen LogP contribution >= 0.6 is 0 Å². The molecule has 2 amide bonds. The van der Waals surface area contributed by atoms with Gasteiger partial charge in [0, 0.05) is 19.4 Å². The summed E-state index contributed by atoms with van der Waals surface area (Å²) in [6.45, 7) is 0.660. The predicted molar refractivity (Wildman–Crippen MR) is 102 cm³/mol. The highest BCUT2D eigenvalue weighted by molar-refractivity contribution is 5.83. The van der Waals surface area contributed by atoms with Crippen molar-refractivity contribution in [3.8, 4) is 6.07 Å². The van der Waals surface area contributed by atoms with Crippen molar-refractivity contribution in [3.05, 3.63) is 35.9 Å². The van der Waals surface area contributed by atoms with Crippen LogP contribution in [-0.4, -0.2) is 35.7 Å². The summed E-state index contributed by atoms with van der Waals surface area (Å²) < 4.78 is 5.09. The maximum Gasteiger partial charge on any atom is 0.407 e. The number of nitrogens with zero attached hydrogens (tertiary/aromatic N) is 1. The summed E-state index contributed by atoms with van der Waals surface area (Å²) in [5, 5.41) is 22.7. The van der Waals surface area contributed by atoms with E-state index in [9.17, 15) is 14.4 Å². The number of alkyl carbamates (subject to hydrolysis) is 1. The van der Waals surface area contributed by atoms with Gasteiger partial charge in [-0.1, -0.05) is 36.8 Å². The van der Waals surface area contributed by atoms with E-state index in [1.165, 1.54) is 0 Å². The van der Waals surface area contributed by atoms with Gasteiger partial charge in [0.1, 0.15) is 12.6 Å². The molecule has 3 N–H and O–H groups in total. The third kappa shape index (κ3) is 10.8. The average Bonchev–Trinajstić information content (AvgIpc) is 2.69. The van der Waals surface area contributed by atoms with Crippen LogP contribution in [0.1, 0.15) is 50.5 Å². The monoisotopic (exact) mass is 389 g/mol. The lowest BCUT2D eigenvalue weighted by Crippen LogP contribution is -2.40. The first-order chi connectivity index (χ1) is 13.5. The first kappa shape index (κ1) is 23.0. The summed E-state index contributed by atoms with van der Waals surface area (Å²) in [6.07, 6.45) is 2.68. The van der Waals surface area contributed by atoms with E-state index in [-0.39, 0.29) is 31.8 Å². The van der Waals surface area contributed by atoms with Crippen LogP contribution in [0.5, 0.6) is 0 Å². The quantitative estimate of drug-likeness (QED) is 0.445. The summed E-state index contributed by atoms with van der Waals surface area (Å²) in [5.74, 6) is -1.41. The maximum atomic E-state index is 11.8. The first-order valence-corrected chi connectivity index (χ1v) is 9.36. The third-order valence-corrected chi connectivity index (χ3v) is 3.98. The summed E-state index contributed by atoms with van der Waals surface area (Å²) >= 11 is 0. The fraction of sp³-hybridized carbons (Fsp3) is 0.500. The zero-order chi connectivity index (χ0) is 20.6. The number of hydrogen-bond donors (Lipinski definition) is 3. The van der Waals surface area contributed by atoms with Crippen molar-refractivity contribution < 1.29 is 24.2 Å². The standard InChI is InChI=1S/C20H27N3O5/c21-13-7-6-11-17(19(25)26)23-18(24)12-5-2-8-14-22-20(27)28-15-16-9-3-1-4-10-16/h1,3-4,9-10,17H,2,5-8,11-12,14-15H2,(H,22,27)(H,23,24)(H,25,26)/t17-/m0/s1. The van der Waals surface area contributed by atoms with Crippen molar-refractivity contribution in [1.29, 1.82) is 5.26 Å². The van der Waals surface area contributed by atoms with Crippen molar-refractivity contribution in [3.63, 3.8) is 0 Å². The second kappa shape index (κ2) is 14.0. The molecule has 1 aromatic rings. The average molecular weight is 389 g/mol. The molecule has 0 radical (unpaired) electrons. The van der Waals surface area contributed by atoms with Crippen molar-refractivity contribution in [2.75, 3.05) is 6.54 Å². The fourth-order valence-corrected chi connectivity index (χ4v) is 2.46. The molecule has 1 aromatic carbocycles. The van der Waals surface area contributed by atoms with Crippen LogP contribution in [0.15, 0.2) is 30.3 Å². The van der Waals surface area contributed by atoms with E-state index in [0.29, 0.717) is 25.8 Å². The molecule has 1 atom stereocenters. The number of carboxylic acids is 1. The highest BCUT2D eigenvalue weighted by Crippen LogP contribution is 2.04. The SMILES string of the molecule is N#CCCC[C@H](NC(=O)CCCCCNC(=O)OCc1ccccc1)C(=O)O. The molecular weight excluding hydrogens is 362 g/mol. The Balaban J connectivity index is 2.07. The number of benzene rings is 1. The summed E-state index contributed by atoms with van der Waals surface area (Å²) in [4.78, 5) is 34.5. The van der Waals surface area contributed by atoms with Gasteiger partial charge in [-0.15, -0.1) is 0 Å². The predicted octanol–water partition coefficient (Wildman–Crippen LogP) is 2.74. The molecular formula is C20H27N3O5. The Hall–Kier alpha value is -3.08. The van der Waals surface area contributed by atoms with Gasteiger partial charge in [0.15, 0.2) is 0 Å². The molecule has 152 valence electrons. The van der Waals surface area contributed by atoms with E-state index in [1.807, 2.05) is 36.4 Å². The van der Waals surface area contributed by atoms with Gasteiger partial charge in [0.25, 0.3) is 0 Å². The maximum absolute atomic E-state index is 11.8. The molecule has 0 heterocycles. The lowest BCUT2D eigenvalue weighted by Gasteiger charge is -2.13. The van der Waals surface area contributed by atoms with Crippen LogP contribution in [0.25, 0.3) is 0 Å². The molecule has 1 rings (SSSR count). The van der Waals surface area contributed by atoms with Crippen LogP contribution in [0, 0.1) is 11.3 Å². The number of unbranched alkanes of at least 4 members (excludes halogenated alkanes) is 3. The van der Waals surface area contributed by atoms with E-state index >= 15 is 0 Å². The van der Waals surface area contributed by atoms with Gasteiger partial charge in [0.05, 0.1) is 6.07 Å². The van der Waals surface area contributed by atoms with E-state index in [0.717, 1.165) is 12.0 Å². The van der Waals surface area contributed by atoms with E-state index in [1.54, 1.807) is 0 Å². The largest absolute Gasteiger partial charge is 0.480 e. The molecule has 0 fully saturated rings. The lowest BCUT2D eigenvalue weighted by atomic mass is 10.1. The Kier molecular flexibility index (Phi) is 11.5. The molecule has 0 unspecified atom stereocenters. The molecule has 0 bridgehead atoms. The Bertz CT molecular complexity index is 658. The number of hydrogen-bond acceptors (Lipinski definition) is 5. The van der Waals surface area contributed by atoms with Crippen molar-refractivity contribution in [1.82, 2.24) is 10.6 Å². The number of carboxylic acid groups (broad SMARTS) is 1. The molecule has 8 nitrogen and oxygen atoms in total. The minimum absolute atomic E-state index is 0.214. The van der Waals surface area contributed by atoms with Gasteiger partial charge in [-0.3, -0.25) is 4.79 Å². The second-order valence-corrected chi connectivity index (χ2v) is 6.31. The van der Waals surface area contributed by atoms with Gasteiger partial charge in [-0.2, -0.15) is 5.26 Å². The van der Waals surface area contributed by atoms with Crippen molar-refractivity contribution in [2.45, 2.75) is 57.6 Å². The molecule has 0 aliphatic carbocycles. The van der Waals surface area contributed by atoms with Crippen LogP contribution in [0.4, 0.5) is 4.79 Å². The molecule has 0 saturated heterocycles. The number of amides is 2. The second-order valence-electron chi connectivity index (χ2n) is 6.31. The molecule has 0 aliphatic rings. The Morgan fingerprint density at radius 2 is 1.86 bits per heavy atom. The Morgan fingerprint density at radius 3 is 2.54 bits per heavy atom. The Labute approximate surface area is 164 Å². The highest BCUT2D eigenvalue weighted by Gasteiger charge is 2.18. The minimum Gasteiger partial charge on any atom is -0.480 e. The minimum atomic E-state index is -1.09. The van der Waals surface area contributed by atoms with Gasteiger partial charge >= 0.3 is 12.1 Å². The molecule has 0 aliphatic heterocycles. The van der Waals surface area contributed by atoms with Gasteiger partial charge in [-0.25, -0.2) is 9.59 Å². The molecule has 28 heavy (non-hydrogen) atoms. The van der Waals surface area contributed by atoms with Gasteiger partial charge < -0.3 is 20.5 Å². The van der Waals surface area contributed by atoms with Crippen LogP contribution < -0.4 is 10.6 Å². The van der Waals surface area contributed by atoms with Crippen LogP contribution in [0.3, 0.4) is 0 Å². The van der Waals surface area contributed by atoms with E-state index in [2.05, 4.69) is 10.6 Å². The summed E-state index contributed by atoms with van der Waals surface area (Å²) in [7, 11) is 0. The zero-order valence-electron chi connectivity index (χ0n) is 15.9. The van der Waals surface area contributed by atoms with Crippen molar-refractivity contribution >= 4 is 18.0 Å². The molecule has 0 saturated carbocycles. The number of aliphatic carboxylic acids is 1. The van der Waals surface area contributed by atoms with E-state index < -0.39 is 18.1 Å². The van der Waals surface area contributed by atoms with Crippen LogP contribution in [-0.2, 0) is 20.9 Å². The number of carbonyl (C=O) groups excluding carboxylic acids is 2. The topological polar surface area (TPSA) is 129 Å². The summed E-state index contributed by atoms with van der Waals surface area (Å²) in [5.41, 5.74) is 0.913. The number of ether oxygens (including phenoxy) is 1. The van der Waals surface area contributed by atoms with Crippen LogP contribution in [0.2, 0.25) is 0 Å². The molecule has 0 aromatic heterocycles. The summed E-state index contributed by atoms with van der Waals surface area (Å²) in [6, 6.07) is 10.4. The molecule has 0 spiro atoms. The highest BCUT2D eigenvalue weighted by atomic mass is 16.5. The molecule has 8 heteroatoms. The first-order valence-electron chi connectivity index (χ1n) is 9.36. The lowest BCUT2D eigenvalue weighted by molar-refractivity contribution is -0.142. The number of nitriles is 1. The zero-order valence-corrected chi connectivity index (χ0v) is 15.9. The van der Waals surface area contributed by atoms with Gasteiger partial charge in [0.2, 0.25) is 5.91 Å². The number of nitrogens with one attached hydrogen (secondary N) is 2. The third-order valence-electron chi connectivity index (χ3n) is 3.98. The smallest absolute Gasteiger partial charge is 0.407 e. The Morgan fingerprint density at radius 1 is 1.11 bits per heavy atom. The van der Waals surface area contributed by atoms with Crippen molar-refractivity contribution in [2.24, 2.45) is 0 Å². The van der Waals surface area contributed by atoms with Gasteiger partial charge in [-0.05, 0) is 31.2 Å². The number of rotatable bonds is 13. The number of carbonyl (C=O) groups is 3. The van der Waals surface area contributed by atoms with E-state index in [4.69, 9.17) is 15.1 Å².